The van der Waals surface area contributed by atoms with E-state index in [1.807, 2.05) is 12.3 Å². The lowest BCUT2D eigenvalue weighted by molar-refractivity contribution is 0.911. The molecule has 1 aromatic heterocycles. The van der Waals surface area contributed by atoms with E-state index in [-0.39, 0.29) is 0 Å². The monoisotopic (exact) mass is 285 g/mol. The predicted octanol–water partition coefficient (Wildman–Crippen LogP) is 3.94. The first kappa shape index (κ1) is 13.4. The molecule has 0 bridgehead atoms. The quantitative estimate of drug-likeness (QED) is 0.844. The minimum absolute atomic E-state index is 0.720. The maximum Gasteiger partial charge on any atom is 0.223 e. The Balaban J connectivity index is 1.74. The van der Waals surface area contributed by atoms with Gasteiger partial charge in [0.15, 0.2) is 0 Å². The number of nitrogens with zero attached hydrogens (tertiary/aromatic N) is 2. The fourth-order valence-electron chi connectivity index (χ4n) is 2.45. The average Bonchev–Trinajstić information content (AvgIpc) is 2.93. The largest absolute Gasteiger partial charge is 0.354 e. The first-order chi connectivity index (χ1) is 9.85. The summed E-state index contributed by atoms with van der Waals surface area (Å²) in [5.74, 6) is 0.720. The third kappa shape index (κ3) is 3.12. The second-order valence-electron chi connectivity index (χ2n) is 5.03. The Kier molecular flexibility index (Phi) is 4.21. The molecule has 1 N–H and O–H groups in total. The van der Waals surface area contributed by atoms with Crippen molar-refractivity contribution in [3.63, 3.8) is 0 Å². The molecule has 0 radical (unpaired) electrons. The van der Waals surface area contributed by atoms with Crippen molar-refractivity contribution in [2.45, 2.75) is 42.5 Å². The van der Waals surface area contributed by atoms with Crippen LogP contribution in [-0.2, 0) is 12.8 Å². The molecular weight excluding hydrogens is 266 g/mol. The van der Waals surface area contributed by atoms with Gasteiger partial charge in [0.25, 0.3) is 0 Å². The summed E-state index contributed by atoms with van der Waals surface area (Å²) >= 11 is 1.71. The van der Waals surface area contributed by atoms with Crippen LogP contribution in [0.2, 0.25) is 0 Å². The van der Waals surface area contributed by atoms with E-state index in [0.717, 1.165) is 23.9 Å². The van der Waals surface area contributed by atoms with Crippen molar-refractivity contribution in [1.29, 1.82) is 0 Å². The number of aromatic nitrogens is 2. The molecule has 3 nitrogen and oxygen atoms in total. The van der Waals surface area contributed by atoms with Crippen LogP contribution in [0, 0.1) is 0 Å². The fourth-order valence-corrected chi connectivity index (χ4v) is 3.29. The van der Waals surface area contributed by atoms with Crippen molar-refractivity contribution in [3.05, 3.63) is 41.6 Å². The summed E-state index contributed by atoms with van der Waals surface area (Å²) in [5, 5.41) is 4.22. The van der Waals surface area contributed by atoms with Gasteiger partial charge in [0.1, 0.15) is 5.03 Å². The molecule has 0 saturated heterocycles. The van der Waals surface area contributed by atoms with Crippen LogP contribution in [-0.4, -0.2) is 16.5 Å². The van der Waals surface area contributed by atoms with Gasteiger partial charge in [-0.05, 0) is 55.0 Å². The number of nitrogens with one attached hydrogen (secondary N) is 1. The molecule has 0 atom stereocenters. The number of hydrogen-bond donors (Lipinski definition) is 1. The van der Waals surface area contributed by atoms with Crippen molar-refractivity contribution in [3.8, 4) is 0 Å². The number of aryl methyl sites for hydroxylation is 2. The predicted molar refractivity (Wildman–Crippen MR) is 83.4 cm³/mol. The summed E-state index contributed by atoms with van der Waals surface area (Å²) < 4.78 is 0. The minimum Gasteiger partial charge on any atom is -0.354 e. The summed E-state index contributed by atoms with van der Waals surface area (Å²) in [7, 11) is 0. The van der Waals surface area contributed by atoms with Gasteiger partial charge >= 0.3 is 0 Å². The van der Waals surface area contributed by atoms with Gasteiger partial charge in [0.05, 0.1) is 0 Å². The number of hydrogen-bond acceptors (Lipinski definition) is 4. The van der Waals surface area contributed by atoms with Crippen molar-refractivity contribution >= 4 is 17.7 Å². The zero-order chi connectivity index (χ0) is 13.8. The Morgan fingerprint density at radius 2 is 2.10 bits per heavy atom. The Labute approximate surface area is 124 Å². The van der Waals surface area contributed by atoms with E-state index in [1.165, 1.54) is 35.3 Å². The first-order valence-electron chi connectivity index (χ1n) is 7.22. The van der Waals surface area contributed by atoms with E-state index in [9.17, 15) is 0 Å². The van der Waals surface area contributed by atoms with Crippen molar-refractivity contribution in [2.24, 2.45) is 0 Å². The van der Waals surface area contributed by atoms with Crippen LogP contribution in [0.5, 0.6) is 0 Å². The Bertz CT molecular complexity index is 598. The van der Waals surface area contributed by atoms with Gasteiger partial charge in [0, 0.05) is 17.6 Å². The average molecular weight is 285 g/mol. The summed E-state index contributed by atoms with van der Waals surface area (Å²) in [6.07, 6.45) is 6.64. The molecule has 2 aromatic rings. The highest BCUT2D eigenvalue weighted by Gasteiger charge is 2.11. The van der Waals surface area contributed by atoms with E-state index in [0.29, 0.717) is 0 Å². The SMILES string of the molecule is CCCNc1nccc(Sc2ccc3c(c2)CCC3)n1. The standard InChI is InChI=1S/C16H19N3S/c1-2-9-17-16-18-10-8-15(19-16)20-14-7-6-12-4-3-5-13(12)11-14/h6-8,10-11H,2-5,9H2,1H3,(H,17,18,19). The first-order valence-corrected chi connectivity index (χ1v) is 8.03. The third-order valence-electron chi connectivity index (χ3n) is 3.46. The van der Waals surface area contributed by atoms with Gasteiger partial charge in [-0.1, -0.05) is 24.8 Å². The zero-order valence-electron chi connectivity index (χ0n) is 11.7. The summed E-state index contributed by atoms with van der Waals surface area (Å²) in [6.45, 7) is 3.04. The lowest BCUT2D eigenvalue weighted by Gasteiger charge is -2.06. The lowest BCUT2D eigenvalue weighted by Crippen LogP contribution is -2.04. The minimum atomic E-state index is 0.720. The van der Waals surface area contributed by atoms with Gasteiger partial charge in [-0.15, -0.1) is 0 Å². The van der Waals surface area contributed by atoms with E-state index >= 15 is 0 Å². The molecule has 3 rings (SSSR count). The third-order valence-corrected chi connectivity index (χ3v) is 4.38. The van der Waals surface area contributed by atoms with Gasteiger partial charge in [-0.3, -0.25) is 0 Å². The van der Waals surface area contributed by atoms with E-state index in [2.05, 4.69) is 40.4 Å². The molecule has 0 saturated carbocycles. The number of rotatable bonds is 5. The van der Waals surface area contributed by atoms with Crippen LogP contribution in [0.4, 0.5) is 5.95 Å². The van der Waals surface area contributed by atoms with Crippen LogP contribution in [0.1, 0.15) is 30.9 Å². The van der Waals surface area contributed by atoms with E-state index < -0.39 is 0 Å². The molecule has 1 aromatic carbocycles. The molecule has 1 heterocycles. The van der Waals surface area contributed by atoms with Crippen LogP contribution < -0.4 is 5.32 Å². The zero-order valence-corrected chi connectivity index (χ0v) is 12.5. The molecule has 104 valence electrons. The molecule has 1 aliphatic rings. The normalized spacial score (nSPS) is 13.2. The molecule has 1 aliphatic carbocycles. The molecule has 0 unspecified atom stereocenters. The molecule has 0 aliphatic heterocycles. The van der Waals surface area contributed by atoms with Gasteiger partial charge < -0.3 is 5.32 Å². The summed E-state index contributed by atoms with van der Waals surface area (Å²) in [4.78, 5) is 10.0. The molecule has 0 amide bonds. The molecule has 0 fully saturated rings. The number of benzene rings is 1. The number of anilines is 1. The molecule has 0 spiro atoms. The van der Waals surface area contributed by atoms with Gasteiger partial charge in [-0.2, -0.15) is 0 Å². The van der Waals surface area contributed by atoms with Crippen LogP contribution in [0.15, 0.2) is 40.4 Å². The lowest BCUT2D eigenvalue weighted by atomic mass is 10.1. The maximum atomic E-state index is 4.54. The molecule has 20 heavy (non-hydrogen) atoms. The highest BCUT2D eigenvalue weighted by Crippen LogP contribution is 2.31. The maximum absolute atomic E-state index is 4.54. The van der Waals surface area contributed by atoms with Crippen molar-refractivity contribution in [2.75, 3.05) is 11.9 Å². The molecule has 4 heteroatoms. The molecular formula is C16H19N3S. The Hall–Kier alpha value is -1.55. The fraction of sp³-hybridized carbons (Fsp3) is 0.375. The van der Waals surface area contributed by atoms with Crippen LogP contribution in [0.25, 0.3) is 0 Å². The summed E-state index contributed by atoms with van der Waals surface area (Å²) in [6, 6.07) is 8.75. The second-order valence-corrected chi connectivity index (χ2v) is 6.13. The number of fused-ring (bicyclic) bond motifs is 1. The Morgan fingerprint density at radius 3 is 3.00 bits per heavy atom. The van der Waals surface area contributed by atoms with Gasteiger partial charge in [0.2, 0.25) is 5.95 Å². The second kappa shape index (κ2) is 6.27. The highest BCUT2D eigenvalue weighted by atomic mass is 32.2. The van der Waals surface area contributed by atoms with Crippen LogP contribution in [0.3, 0.4) is 0 Å². The van der Waals surface area contributed by atoms with E-state index in [4.69, 9.17) is 0 Å². The highest BCUT2D eigenvalue weighted by molar-refractivity contribution is 7.99. The Morgan fingerprint density at radius 1 is 1.20 bits per heavy atom. The van der Waals surface area contributed by atoms with Crippen molar-refractivity contribution in [1.82, 2.24) is 9.97 Å². The smallest absolute Gasteiger partial charge is 0.223 e. The van der Waals surface area contributed by atoms with Crippen molar-refractivity contribution < 1.29 is 0 Å². The van der Waals surface area contributed by atoms with Crippen LogP contribution >= 0.6 is 11.8 Å². The van der Waals surface area contributed by atoms with E-state index in [1.54, 1.807) is 11.8 Å². The van der Waals surface area contributed by atoms with Gasteiger partial charge in [-0.25, -0.2) is 9.97 Å². The topological polar surface area (TPSA) is 37.8 Å². The summed E-state index contributed by atoms with van der Waals surface area (Å²) in [5.41, 5.74) is 3.02.